The summed E-state index contributed by atoms with van der Waals surface area (Å²) in [7, 11) is 0. The number of fused-ring (bicyclic) bond motifs is 8. The van der Waals surface area contributed by atoms with Crippen molar-refractivity contribution in [1.82, 2.24) is 59.8 Å². The van der Waals surface area contributed by atoms with Gasteiger partial charge in [0.05, 0.1) is 50.7 Å². The van der Waals surface area contributed by atoms with Crippen LogP contribution >= 0.6 is 46.4 Å². The Morgan fingerprint density at radius 2 is 0.926 bits per heavy atom. The Hall–Kier alpha value is -11.5. The number of carbonyl (C=O) groups excluding carboxylic acids is 12. The van der Waals surface area contributed by atoms with Crippen molar-refractivity contribution in [3.05, 3.63) is 163 Å². The molecule has 0 bridgehead atoms. The van der Waals surface area contributed by atoms with E-state index in [2.05, 4.69) is 51.9 Å². The second kappa shape index (κ2) is 37.6. The van der Waals surface area contributed by atoms with Gasteiger partial charge >= 0.3 is 23.7 Å². The minimum Gasteiger partial charge on any atom is -0.334 e. The van der Waals surface area contributed by atoms with Crippen LogP contribution in [-0.2, 0) is 70.4 Å². The van der Waals surface area contributed by atoms with Gasteiger partial charge in [-0.1, -0.05) is 130 Å². The molecule has 12 aliphatic heterocycles. The van der Waals surface area contributed by atoms with Crippen LogP contribution in [0.4, 0.5) is 22.7 Å². The zero-order chi connectivity index (χ0) is 84.3. The van der Waals surface area contributed by atoms with E-state index in [4.69, 9.17) is 84.8 Å². The van der Waals surface area contributed by atoms with Gasteiger partial charge in [0.25, 0.3) is 23.6 Å². The Bertz CT molecular complexity index is 5320. The summed E-state index contributed by atoms with van der Waals surface area (Å²) in [5, 5.41) is 39.5. The fourth-order valence-corrected chi connectivity index (χ4v) is 19.9. The highest BCUT2D eigenvalue weighted by Crippen LogP contribution is 2.47. The number of hydrogen-bond donors (Lipinski definition) is 0. The Labute approximate surface area is 713 Å². The van der Waals surface area contributed by atoms with Gasteiger partial charge < -0.3 is 39.2 Å². The number of aromatic nitrogens is 4. The van der Waals surface area contributed by atoms with Crippen LogP contribution in [0.5, 0.6) is 0 Å². The molecule has 14 heterocycles. The van der Waals surface area contributed by atoms with Crippen LogP contribution in [-0.4, -0.2) is 244 Å². The van der Waals surface area contributed by atoms with Crippen LogP contribution < -0.4 is 0 Å². The molecular formula is C83H88Cl4N16O18. The van der Waals surface area contributed by atoms with Crippen molar-refractivity contribution >= 4 is 162 Å². The maximum atomic E-state index is 15.0. The molecular weight excluding hydrogens is 1650 g/mol. The molecule has 8 fully saturated rings. The SMILES string of the molecule is C.C.CC[C@@H]1CC[C@@H]2C=C[C@H]3CCN(C(=O)[C@@H]4CC[C@H]5C=C[C@]6(CCCN6C(=O)C(Cc6ccccc6Cl)=Nc6ccc([N+](=O)[O-])c7nonc67)C(=O)N54)[C@@H]3C(=O)N12.ClCCl.O=C([C@@H]1CC[C@H]2C=C[C@]3(CCCN3C(=O)C(Cc3ccccc3Cl)=Nc3ccc([N+](=O)[O-])c4nonc34)C(=O)N21)N1CC[C@@H]2C=C[C@H]3CCCN3C(=O)[C@H]21.O=C=O.O=C=O. The van der Waals surface area contributed by atoms with Crippen LogP contribution in [0, 0.1) is 32.1 Å². The van der Waals surface area contributed by atoms with Gasteiger partial charge in [0.2, 0.25) is 34.7 Å². The van der Waals surface area contributed by atoms with E-state index in [1.165, 1.54) is 34.1 Å². The summed E-state index contributed by atoms with van der Waals surface area (Å²) in [4.78, 5) is 195. The molecule has 8 saturated heterocycles. The number of nitrogens with zero attached hydrogens (tertiary/aromatic N) is 16. The normalized spacial score (nSPS) is 27.0. The lowest BCUT2D eigenvalue weighted by Crippen LogP contribution is -2.64. The van der Waals surface area contributed by atoms with Gasteiger partial charge in [-0.05, 0) is 152 Å². The summed E-state index contributed by atoms with van der Waals surface area (Å²) >= 11 is 22.7. The summed E-state index contributed by atoms with van der Waals surface area (Å²) in [6, 6.07) is 16.2. The van der Waals surface area contributed by atoms with Gasteiger partial charge in [-0.3, -0.25) is 58.6 Å². The molecule has 13 atom stereocenters. The minimum atomic E-state index is -1.37. The van der Waals surface area contributed by atoms with Gasteiger partial charge in [0.15, 0.2) is 11.0 Å². The second-order valence-corrected chi connectivity index (χ2v) is 32.4. The molecule has 38 heteroatoms. The molecule has 8 amide bonds. The molecule has 0 N–H and O–H groups in total. The molecule has 0 aliphatic carbocycles. The summed E-state index contributed by atoms with van der Waals surface area (Å²) < 4.78 is 9.69. The zero-order valence-corrected chi connectivity index (χ0v) is 67.2. The molecule has 0 unspecified atom stereocenters. The number of nitro benzene ring substituents is 2. The largest absolute Gasteiger partial charge is 0.373 e. The van der Waals surface area contributed by atoms with Crippen LogP contribution in [0.25, 0.3) is 22.1 Å². The molecule has 4 aromatic carbocycles. The molecule has 6 aromatic rings. The van der Waals surface area contributed by atoms with Gasteiger partial charge in [-0.2, -0.15) is 19.2 Å². The van der Waals surface area contributed by atoms with Crippen molar-refractivity contribution in [2.75, 3.05) is 38.1 Å². The Kier molecular flexibility index (Phi) is 27.6. The molecule has 34 nitrogen and oxygen atoms in total. The lowest BCUT2D eigenvalue weighted by Gasteiger charge is -2.44. The number of aliphatic imine (C=N–C) groups is 2. The number of nitro groups is 2. The van der Waals surface area contributed by atoms with Crippen molar-refractivity contribution in [2.24, 2.45) is 21.8 Å². The number of likely N-dealkylation sites (tertiary alicyclic amines) is 4. The lowest BCUT2D eigenvalue weighted by molar-refractivity contribution is -0.383. The van der Waals surface area contributed by atoms with E-state index in [0.717, 1.165) is 32.1 Å². The molecule has 0 radical (unpaired) electrons. The van der Waals surface area contributed by atoms with Crippen molar-refractivity contribution in [3.8, 4) is 0 Å². The first-order valence-corrected chi connectivity index (χ1v) is 41.1. The lowest BCUT2D eigenvalue weighted by atomic mass is 9.88. The number of hydrogen-bond acceptors (Lipinski definition) is 24. The number of carbonyl (C=O) groups is 8. The first kappa shape index (κ1) is 88.7. The number of rotatable bonds is 13. The minimum absolute atomic E-state index is 0. The third-order valence-electron chi connectivity index (χ3n) is 24.9. The summed E-state index contributed by atoms with van der Waals surface area (Å²) in [6.07, 6.45) is 26.3. The number of non-ortho nitro benzene ring substituents is 2. The predicted molar refractivity (Wildman–Crippen MR) is 439 cm³/mol. The topological polar surface area (TPSA) is 420 Å². The van der Waals surface area contributed by atoms with Gasteiger partial charge in [0.1, 0.15) is 46.7 Å². The van der Waals surface area contributed by atoms with Crippen molar-refractivity contribution in [3.63, 3.8) is 0 Å². The summed E-state index contributed by atoms with van der Waals surface area (Å²) in [6.45, 7) is 4.16. The molecule has 18 rings (SSSR count). The van der Waals surface area contributed by atoms with E-state index in [1.54, 1.807) is 68.1 Å². The number of halogens is 4. The smallest absolute Gasteiger partial charge is 0.334 e. The Morgan fingerprint density at radius 3 is 1.36 bits per heavy atom. The quantitative estimate of drug-likeness (QED) is 0.0341. The van der Waals surface area contributed by atoms with Crippen LogP contribution in [0.15, 0.2) is 141 Å². The first-order valence-electron chi connectivity index (χ1n) is 39.3. The van der Waals surface area contributed by atoms with Gasteiger partial charge in [0, 0.05) is 85.6 Å². The average molecular weight is 1740 g/mol. The molecule has 636 valence electrons. The fraction of sp³-hybridized carbons (Fsp3) is 0.470. The fourth-order valence-electron chi connectivity index (χ4n) is 19.5. The Balaban J connectivity index is 0.000000199. The van der Waals surface area contributed by atoms with E-state index in [0.29, 0.717) is 105 Å². The van der Waals surface area contributed by atoms with Crippen molar-refractivity contribution < 1.29 is 76.6 Å². The van der Waals surface area contributed by atoms with E-state index >= 15 is 4.79 Å². The van der Waals surface area contributed by atoms with E-state index < -0.39 is 56.9 Å². The number of alkyl halides is 2. The molecule has 2 spiro atoms. The second-order valence-electron chi connectivity index (χ2n) is 30.8. The van der Waals surface area contributed by atoms with Crippen LogP contribution in [0.1, 0.15) is 129 Å². The number of benzene rings is 4. The van der Waals surface area contributed by atoms with E-state index in [9.17, 15) is 53.8 Å². The van der Waals surface area contributed by atoms with E-state index in [-0.39, 0.29) is 192 Å². The predicted octanol–water partition coefficient (Wildman–Crippen LogP) is 10.6. The number of amides is 8. The molecule has 121 heavy (non-hydrogen) atoms. The average Bonchev–Trinajstić information content (AvgIpc) is 1.56. The van der Waals surface area contributed by atoms with Crippen LogP contribution in [0.3, 0.4) is 0 Å². The third-order valence-corrected chi connectivity index (χ3v) is 25.6. The third kappa shape index (κ3) is 16.4. The van der Waals surface area contributed by atoms with Gasteiger partial charge in [-0.15, -0.1) is 23.2 Å². The molecule has 2 aromatic heterocycles. The maximum absolute atomic E-state index is 15.0. The highest BCUT2D eigenvalue weighted by Gasteiger charge is 2.61. The monoisotopic (exact) mass is 1740 g/mol. The molecule has 0 saturated carbocycles. The van der Waals surface area contributed by atoms with Crippen LogP contribution in [0.2, 0.25) is 10.0 Å². The maximum Gasteiger partial charge on any atom is 0.373 e. The van der Waals surface area contributed by atoms with Crippen molar-refractivity contribution in [2.45, 2.75) is 196 Å². The van der Waals surface area contributed by atoms with E-state index in [1.807, 2.05) is 34.1 Å². The molecule has 12 aliphatic rings. The first-order chi connectivity index (χ1) is 57.5. The highest BCUT2D eigenvalue weighted by atomic mass is 35.5. The van der Waals surface area contributed by atoms with Crippen molar-refractivity contribution in [1.29, 1.82) is 0 Å². The zero-order valence-electron chi connectivity index (χ0n) is 64.2. The summed E-state index contributed by atoms with van der Waals surface area (Å²) in [5.41, 5.74) is -2.07. The Morgan fingerprint density at radius 1 is 0.512 bits per heavy atom. The van der Waals surface area contributed by atoms with Gasteiger partial charge in [-0.25, -0.2) is 19.2 Å². The highest BCUT2D eigenvalue weighted by molar-refractivity contribution is 6.42. The standard InChI is InChI=1S/C40H41ClN8O7.C38H37ClN8O7.CH2Cl2.2CO2.2CH4/c1-2-25-10-11-26-9-8-23-17-21-45(35(23)38(52)47(25)26)37(51)32-14-12-27-16-19-40(39(53)48(27)32)18-5-20-46(40)36(50)30(22-24-6-3-4-7-28(24)41)42-29-13-15-31(49(54)55)34-33(29)43-56-44-34;39-26-7-2-1-5-23(26)21-28(40-27-11-13-29(47(52)53)32-31(27)41-54-42-32)34(48)45-19-4-16-38(45)17-14-25-10-12-30(46(25)37(38)51)35(49)44-20-15-22-8-9-24-6-3-18-43(24)36(50)33(22)44;3*2-1-3;;/h3-4,6-9,13,15-16,19,23,25-27,32,35H,2,5,10-12,14,17-18,20-22H2,1H3;1-2,5,7-9,11,13-14,17,22,24-25,30,33H,3-4,6,10,12,15-16,18-21H2;1H2;;;2*1H4/t23-,25+,26-,27-,32-,35-,40+;22-,24+,25-,30-,33-,38+;;;;;/m00...../s1. The summed E-state index contributed by atoms with van der Waals surface area (Å²) in [5.74, 6) is -2.27.